The van der Waals surface area contributed by atoms with Gasteiger partial charge in [-0.1, -0.05) is 27.7 Å². The van der Waals surface area contributed by atoms with E-state index in [1.165, 1.54) is 12.8 Å². The molecule has 0 aromatic heterocycles. The van der Waals surface area contributed by atoms with Gasteiger partial charge in [-0.15, -0.1) is 0 Å². The van der Waals surface area contributed by atoms with Gasteiger partial charge in [0.1, 0.15) is 0 Å². The van der Waals surface area contributed by atoms with Gasteiger partial charge < -0.3 is 15.3 Å². The maximum Gasteiger partial charge on any atom is 0.0718 e. The fourth-order valence-corrected chi connectivity index (χ4v) is 2.47. The summed E-state index contributed by atoms with van der Waals surface area (Å²) in [6.07, 6.45) is 2.36. The van der Waals surface area contributed by atoms with Crippen LogP contribution in [0, 0.1) is 5.41 Å². The Morgan fingerprint density at radius 3 is 1.89 bits per heavy atom. The molecule has 0 saturated carbocycles. The monoisotopic (exact) mass is 258 g/mol. The Bertz CT molecular complexity index is 207. The molecule has 2 N–H and O–H groups in total. The molecule has 0 aliphatic heterocycles. The van der Waals surface area contributed by atoms with Crippen LogP contribution in [0.15, 0.2) is 0 Å². The fourth-order valence-electron chi connectivity index (χ4n) is 2.47. The summed E-state index contributed by atoms with van der Waals surface area (Å²) in [4.78, 5) is 2.38. The smallest absolute Gasteiger partial charge is 0.0718 e. The van der Waals surface area contributed by atoms with Crippen LogP contribution in [0.4, 0.5) is 0 Å². The predicted molar refractivity (Wildman–Crippen MR) is 80.0 cm³/mol. The van der Waals surface area contributed by atoms with Crippen LogP contribution in [0.3, 0.4) is 0 Å². The minimum Gasteiger partial charge on any atom is -0.389 e. The second-order valence-electron chi connectivity index (χ2n) is 6.10. The zero-order valence-electron chi connectivity index (χ0n) is 13.3. The van der Waals surface area contributed by atoms with Crippen molar-refractivity contribution in [2.45, 2.75) is 60.0 Å². The van der Waals surface area contributed by atoms with E-state index < -0.39 is 5.60 Å². The van der Waals surface area contributed by atoms with Gasteiger partial charge >= 0.3 is 0 Å². The summed E-state index contributed by atoms with van der Waals surface area (Å²) in [5.74, 6) is 0. The molecule has 110 valence electrons. The molecule has 0 rings (SSSR count). The highest BCUT2D eigenvalue weighted by atomic mass is 16.3. The lowest BCUT2D eigenvalue weighted by molar-refractivity contribution is 0.0199. The Hall–Kier alpha value is -0.120. The Morgan fingerprint density at radius 1 is 1.00 bits per heavy atom. The summed E-state index contributed by atoms with van der Waals surface area (Å²) < 4.78 is 0. The van der Waals surface area contributed by atoms with Gasteiger partial charge in [0, 0.05) is 19.6 Å². The van der Waals surface area contributed by atoms with Crippen molar-refractivity contribution in [2.24, 2.45) is 5.41 Å². The summed E-state index contributed by atoms with van der Waals surface area (Å²) in [6.45, 7) is 17.6. The van der Waals surface area contributed by atoms with Crippen LogP contribution in [-0.2, 0) is 0 Å². The molecule has 0 heterocycles. The van der Waals surface area contributed by atoms with Gasteiger partial charge in [0.15, 0.2) is 0 Å². The third-order valence-corrected chi connectivity index (χ3v) is 3.87. The van der Waals surface area contributed by atoms with Gasteiger partial charge in [0.05, 0.1) is 5.60 Å². The lowest BCUT2D eigenvalue weighted by atomic mass is 9.81. The number of nitrogens with one attached hydrogen (secondary N) is 1. The lowest BCUT2D eigenvalue weighted by Gasteiger charge is -2.39. The molecular formula is C15H34N2O. The molecule has 0 unspecified atom stereocenters. The van der Waals surface area contributed by atoms with Gasteiger partial charge in [-0.25, -0.2) is 0 Å². The molecule has 0 spiro atoms. The van der Waals surface area contributed by atoms with Crippen molar-refractivity contribution in [3.05, 3.63) is 0 Å². The molecule has 0 bridgehead atoms. The van der Waals surface area contributed by atoms with E-state index in [-0.39, 0.29) is 0 Å². The SMILES string of the molecule is CCNCC(CC)(CC)CN(CC)CC(C)(C)O. The van der Waals surface area contributed by atoms with Gasteiger partial charge in [-0.2, -0.15) is 0 Å². The zero-order valence-corrected chi connectivity index (χ0v) is 13.3. The van der Waals surface area contributed by atoms with Crippen molar-refractivity contribution in [1.29, 1.82) is 0 Å². The van der Waals surface area contributed by atoms with Crippen LogP contribution < -0.4 is 5.32 Å². The molecule has 0 aliphatic carbocycles. The van der Waals surface area contributed by atoms with Crippen molar-refractivity contribution in [3.8, 4) is 0 Å². The maximum atomic E-state index is 9.98. The minimum absolute atomic E-state index is 0.331. The predicted octanol–water partition coefficient (Wildman–Crippen LogP) is 2.50. The van der Waals surface area contributed by atoms with Crippen molar-refractivity contribution in [3.63, 3.8) is 0 Å². The molecular weight excluding hydrogens is 224 g/mol. The van der Waals surface area contributed by atoms with E-state index in [4.69, 9.17) is 0 Å². The standard InChI is InChI=1S/C15H34N2O/c1-7-15(8-2,11-16-9-3)13-17(10-4)12-14(5,6)18/h16,18H,7-13H2,1-6H3. The van der Waals surface area contributed by atoms with E-state index in [0.717, 1.165) is 32.7 Å². The van der Waals surface area contributed by atoms with Crippen molar-refractivity contribution < 1.29 is 5.11 Å². The van der Waals surface area contributed by atoms with E-state index in [1.807, 2.05) is 13.8 Å². The molecule has 0 saturated heterocycles. The van der Waals surface area contributed by atoms with E-state index in [9.17, 15) is 5.11 Å². The number of nitrogens with zero attached hydrogens (tertiary/aromatic N) is 1. The largest absolute Gasteiger partial charge is 0.389 e. The first-order valence-electron chi connectivity index (χ1n) is 7.48. The molecule has 0 aromatic rings. The van der Waals surface area contributed by atoms with E-state index in [0.29, 0.717) is 5.41 Å². The molecule has 0 amide bonds. The van der Waals surface area contributed by atoms with E-state index in [1.54, 1.807) is 0 Å². The van der Waals surface area contributed by atoms with Crippen LogP contribution in [0.2, 0.25) is 0 Å². The summed E-state index contributed by atoms with van der Waals surface area (Å²) in [5.41, 5.74) is -0.279. The minimum atomic E-state index is -0.610. The maximum absolute atomic E-state index is 9.98. The Morgan fingerprint density at radius 2 is 1.56 bits per heavy atom. The highest BCUT2D eigenvalue weighted by molar-refractivity contribution is 4.84. The first kappa shape index (κ1) is 17.9. The second-order valence-corrected chi connectivity index (χ2v) is 6.10. The van der Waals surface area contributed by atoms with Crippen molar-refractivity contribution >= 4 is 0 Å². The van der Waals surface area contributed by atoms with Gasteiger partial charge in [-0.05, 0) is 45.2 Å². The molecule has 0 aromatic carbocycles. The molecule has 3 heteroatoms. The summed E-state index contributed by atoms with van der Waals surface area (Å²) >= 11 is 0. The van der Waals surface area contributed by atoms with Crippen LogP contribution in [0.5, 0.6) is 0 Å². The number of hydrogen-bond acceptors (Lipinski definition) is 3. The Balaban J connectivity index is 4.61. The number of aliphatic hydroxyl groups is 1. The first-order chi connectivity index (χ1) is 8.32. The molecule has 3 nitrogen and oxygen atoms in total. The highest BCUT2D eigenvalue weighted by Gasteiger charge is 2.29. The normalized spacial score (nSPS) is 13.3. The Kier molecular flexibility index (Phi) is 8.08. The third-order valence-electron chi connectivity index (χ3n) is 3.87. The molecule has 18 heavy (non-hydrogen) atoms. The second kappa shape index (κ2) is 8.13. The Labute approximate surface area is 114 Å². The highest BCUT2D eigenvalue weighted by Crippen LogP contribution is 2.27. The van der Waals surface area contributed by atoms with Crippen LogP contribution in [0.1, 0.15) is 54.4 Å². The molecule has 0 aliphatic rings. The number of hydrogen-bond donors (Lipinski definition) is 2. The van der Waals surface area contributed by atoms with Crippen molar-refractivity contribution in [1.82, 2.24) is 10.2 Å². The molecule has 0 radical (unpaired) electrons. The molecule has 0 atom stereocenters. The quantitative estimate of drug-likeness (QED) is 0.632. The van der Waals surface area contributed by atoms with Gasteiger partial charge in [-0.3, -0.25) is 0 Å². The molecule has 0 fully saturated rings. The average Bonchev–Trinajstić information content (AvgIpc) is 2.32. The summed E-state index contributed by atoms with van der Waals surface area (Å²) in [7, 11) is 0. The third kappa shape index (κ3) is 6.72. The first-order valence-corrected chi connectivity index (χ1v) is 7.48. The van der Waals surface area contributed by atoms with Crippen LogP contribution in [-0.4, -0.2) is 48.3 Å². The van der Waals surface area contributed by atoms with Crippen LogP contribution >= 0.6 is 0 Å². The van der Waals surface area contributed by atoms with E-state index in [2.05, 4.69) is 37.9 Å². The fraction of sp³-hybridized carbons (Fsp3) is 1.00. The average molecular weight is 258 g/mol. The summed E-state index contributed by atoms with van der Waals surface area (Å²) in [6, 6.07) is 0. The zero-order chi connectivity index (χ0) is 14.2. The lowest BCUT2D eigenvalue weighted by Crippen LogP contribution is -2.47. The van der Waals surface area contributed by atoms with E-state index >= 15 is 0 Å². The summed E-state index contributed by atoms with van der Waals surface area (Å²) in [5, 5.41) is 13.5. The van der Waals surface area contributed by atoms with Gasteiger partial charge in [0.2, 0.25) is 0 Å². The van der Waals surface area contributed by atoms with Crippen molar-refractivity contribution in [2.75, 3.05) is 32.7 Å². The van der Waals surface area contributed by atoms with Crippen LogP contribution in [0.25, 0.3) is 0 Å². The topological polar surface area (TPSA) is 35.5 Å². The number of rotatable bonds is 10. The van der Waals surface area contributed by atoms with Gasteiger partial charge in [0.25, 0.3) is 0 Å². The number of likely N-dealkylation sites (N-methyl/N-ethyl adjacent to an activating group) is 1.